The van der Waals surface area contributed by atoms with Gasteiger partial charge in [0.1, 0.15) is 12.2 Å². The summed E-state index contributed by atoms with van der Waals surface area (Å²) in [6.45, 7) is 2.18. The fourth-order valence-electron chi connectivity index (χ4n) is 1.36. The third-order valence-corrected chi connectivity index (χ3v) is 2.38. The Balaban J connectivity index is 2.22. The molecule has 0 aliphatic carbocycles. The van der Waals surface area contributed by atoms with Crippen molar-refractivity contribution in [3.63, 3.8) is 0 Å². The van der Waals surface area contributed by atoms with Crippen LogP contribution in [0.2, 0.25) is 5.15 Å². The van der Waals surface area contributed by atoms with Crippen LogP contribution in [0, 0.1) is 11.3 Å². The van der Waals surface area contributed by atoms with Crippen molar-refractivity contribution in [2.24, 2.45) is 0 Å². The number of halogens is 1. The van der Waals surface area contributed by atoms with Gasteiger partial charge in [0.15, 0.2) is 10.8 Å². The average molecular weight is 225 g/mol. The van der Waals surface area contributed by atoms with Gasteiger partial charge in [0.25, 0.3) is 0 Å². The van der Waals surface area contributed by atoms with Gasteiger partial charge in [-0.05, 0) is 0 Å². The molecule has 1 aromatic rings. The van der Waals surface area contributed by atoms with Gasteiger partial charge >= 0.3 is 0 Å². The van der Waals surface area contributed by atoms with Crippen molar-refractivity contribution < 1.29 is 4.74 Å². The summed E-state index contributed by atoms with van der Waals surface area (Å²) in [4.78, 5) is 7.99. The minimum atomic E-state index is -0.128. The number of rotatable bonds is 1. The molecule has 6 heteroatoms. The van der Waals surface area contributed by atoms with Crippen LogP contribution < -0.4 is 5.32 Å². The molecule has 1 atom stereocenters. The molecule has 78 valence electrons. The van der Waals surface area contributed by atoms with Crippen molar-refractivity contribution in [3.8, 4) is 6.07 Å². The van der Waals surface area contributed by atoms with Gasteiger partial charge in [-0.1, -0.05) is 11.6 Å². The van der Waals surface area contributed by atoms with Gasteiger partial charge in [0.2, 0.25) is 0 Å². The van der Waals surface area contributed by atoms with E-state index >= 15 is 0 Å². The highest BCUT2D eigenvalue weighted by molar-refractivity contribution is 6.30. The lowest BCUT2D eigenvalue weighted by Crippen LogP contribution is -2.33. The van der Waals surface area contributed by atoms with E-state index in [4.69, 9.17) is 21.6 Å². The Morgan fingerprint density at radius 2 is 2.53 bits per heavy atom. The molecule has 1 N–H and O–H groups in total. The van der Waals surface area contributed by atoms with Crippen LogP contribution in [0.15, 0.2) is 6.20 Å². The highest BCUT2D eigenvalue weighted by Crippen LogP contribution is 2.18. The van der Waals surface area contributed by atoms with E-state index in [2.05, 4.69) is 15.3 Å². The lowest BCUT2D eigenvalue weighted by Gasteiger charge is -2.22. The molecular formula is C9H9ClN4O. The van der Waals surface area contributed by atoms with Crippen LogP contribution in [0.5, 0.6) is 0 Å². The minimum absolute atomic E-state index is 0.128. The fraction of sp³-hybridized carbons (Fsp3) is 0.444. The van der Waals surface area contributed by atoms with Crippen LogP contribution in [-0.4, -0.2) is 29.7 Å². The molecule has 0 radical (unpaired) electrons. The second kappa shape index (κ2) is 4.53. The first kappa shape index (κ1) is 10.3. The first-order valence-corrected chi connectivity index (χ1v) is 4.94. The molecule has 15 heavy (non-hydrogen) atoms. The van der Waals surface area contributed by atoms with Crippen molar-refractivity contribution in [1.29, 1.82) is 5.26 Å². The zero-order valence-corrected chi connectivity index (χ0v) is 8.66. The predicted octanol–water partition coefficient (Wildman–Crippen LogP) is 0.663. The van der Waals surface area contributed by atoms with Gasteiger partial charge in [-0.25, -0.2) is 9.97 Å². The van der Waals surface area contributed by atoms with Crippen LogP contribution in [0.4, 0.5) is 0 Å². The van der Waals surface area contributed by atoms with Crippen LogP contribution in [0.1, 0.15) is 17.5 Å². The molecule has 0 bridgehead atoms. The zero-order valence-electron chi connectivity index (χ0n) is 7.90. The van der Waals surface area contributed by atoms with Gasteiger partial charge < -0.3 is 10.1 Å². The molecular weight excluding hydrogens is 216 g/mol. The summed E-state index contributed by atoms with van der Waals surface area (Å²) in [5.74, 6) is 0. The standard InChI is InChI=1S/C9H9ClN4O/c10-9-6(3-11)13-4-7(14-9)8-5-12-1-2-15-8/h4,8,12H,1-2,5H2. The molecule has 1 fully saturated rings. The van der Waals surface area contributed by atoms with Gasteiger partial charge in [0, 0.05) is 13.1 Å². The van der Waals surface area contributed by atoms with Crippen molar-refractivity contribution in [2.75, 3.05) is 19.7 Å². The second-order valence-corrected chi connectivity index (χ2v) is 3.47. The Labute approximate surface area is 92.0 Å². The van der Waals surface area contributed by atoms with E-state index in [1.165, 1.54) is 6.20 Å². The summed E-state index contributed by atoms with van der Waals surface area (Å²) in [6, 6.07) is 1.86. The summed E-state index contributed by atoms with van der Waals surface area (Å²) in [6.07, 6.45) is 1.40. The number of nitrogens with one attached hydrogen (secondary N) is 1. The summed E-state index contributed by atoms with van der Waals surface area (Å²) in [5.41, 5.74) is 0.801. The number of hydrogen-bond donors (Lipinski definition) is 1. The molecule has 1 unspecified atom stereocenters. The molecule has 0 amide bonds. The third kappa shape index (κ3) is 2.23. The summed E-state index contributed by atoms with van der Waals surface area (Å²) < 4.78 is 5.49. The summed E-state index contributed by atoms with van der Waals surface area (Å²) in [5, 5.41) is 11.9. The predicted molar refractivity (Wildman–Crippen MR) is 53.3 cm³/mol. The number of aromatic nitrogens is 2. The van der Waals surface area contributed by atoms with Crippen LogP contribution >= 0.6 is 11.6 Å². The van der Waals surface area contributed by atoms with Crippen molar-refractivity contribution in [3.05, 3.63) is 22.7 Å². The van der Waals surface area contributed by atoms with Crippen molar-refractivity contribution >= 4 is 11.6 Å². The van der Waals surface area contributed by atoms with E-state index in [-0.39, 0.29) is 17.0 Å². The molecule has 1 saturated heterocycles. The maximum Gasteiger partial charge on any atom is 0.177 e. The van der Waals surface area contributed by atoms with Gasteiger partial charge in [-0.15, -0.1) is 0 Å². The quantitative estimate of drug-likeness (QED) is 0.759. The SMILES string of the molecule is N#Cc1ncc(C2CNCCO2)nc1Cl. The monoisotopic (exact) mass is 224 g/mol. The molecule has 1 aliphatic heterocycles. The maximum atomic E-state index is 8.64. The minimum Gasteiger partial charge on any atom is -0.369 e. The first-order chi connectivity index (χ1) is 7.31. The van der Waals surface area contributed by atoms with E-state index in [1.54, 1.807) is 0 Å². The largest absolute Gasteiger partial charge is 0.369 e. The van der Waals surface area contributed by atoms with Crippen LogP contribution in [-0.2, 0) is 4.74 Å². The Hall–Kier alpha value is -1.22. The molecule has 0 aromatic carbocycles. The smallest absolute Gasteiger partial charge is 0.177 e. The molecule has 1 aliphatic rings. The first-order valence-electron chi connectivity index (χ1n) is 4.56. The normalized spacial score (nSPS) is 20.9. The van der Waals surface area contributed by atoms with Gasteiger partial charge in [-0.3, -0.25) is 0 Å². The Kier molecular flexibility index (Phi) is 3.11. The summed E-state index contributed by atoms with van der Waals surface area (Å²) >= 11 is 5.78. The highest BCUT2D eigenvalue weighted by Gasteiger charge is 2.18. The van der Waals surface area contributed by atoms with E-state index < -0.39 is 0 Å². The Morgan fingerprint density at radius 3 is 3.13 bits per heavy atom. The molecule has 0 spiro atoms. The van der Waals surface area contributed by atoms with Crippen molar-refractivity contribution in [1.82, 2.24) is 15.3 Å². The zero-order chi connectivity index (χ0) is 10.7. The highest BCUT2D eigenvalue weighted by atomic mass is 35.5. The van der Waals surface area contributed by atoms with Crippen molar-refractivity contribution in [2.45, 2.75) is 6.10 Å². The average Bonchev–Trinajstić information content (AvgIpc) is 2.30. The van der Waals surface area contributed by atoms with Gasteiger partial charge in [-0.2, -0.15) is 5.26 Å². The lowest BCUT2D eigenvalue weighted by molar-refractivity contribution is 0.0248. The van der Waals surface area contributed by atoms with E-state index in [0.29, 0.717) is 18.8 Å². The fourth-order valence-corrected chi connectivity index (χ4v) is 1.55. The molecule has 2 heterocycles. The number of morpholine rings is 1. The number of nitriles is 1. The number of ether oxygens (including phenoxy) is 1. The summed E-state index contributed by atoms with van der Waals surface area (Å²) in [7, 11) is 0. The lowest BCUT2D eigenvalue weighted by atomic mass is 10.2. The van der Waals surface area contributed by atoms with E-state index in [9.17, 15) is 0 Å². The van der Waals surface area contributed by atoms with Crippen LogP contribution in [0.25, 0.3) is 0 Å². The Bertz CT molecular complexity index is 398. The van der Waals surface area contributed by atoms with E-state index in [0.717, 1.165) is 6.54 Å². The molecule has 5 nitrogen and oxygen atoms in total. The van der Waals surface area contributed by atoms with Crippen LogP contribution in [0.3, 0.4) is 0 Å². The Morgan fingerprint density at radius 1 is 1.67 bits per heavy atom. The maximum absolute atomic E-state index is 8.64. The number of hydrogen-bond acceptors (Lipinski definition) is 5. The third-order valence-electron chi connectivity index (χ3n) is 2.11. The number of nitrogens with zero attached hydrogens (tertiary/aromatic N) is 3. The van der Waals surface area contributed by atoms with E-state index in [1.807, 2.05) is 6.07 Å². The molecule has 2 rings (SSSR count). The van der Waals surface area contributed by atoms with Gasteiger partial charge in [0.05, 0.1) is 18.5 Å². The topological polar surface area (TPSA) is 70.8 Å². The second-order valence-electron chi connectivity index (χ2n) is 3.11. The molecule has 1 aromatic heterocycles. The molecule has 0 saturated carbocycles.